The number of hydrogen-bond donors (Lipinski definition) is 3. The van der Waals surface area contributed by atoms with Crippen LogP contribution >= 0.6 is 0 Å². The largest absolute Gasteiger partial charge is 0.491 e. The lowest BCUT2D eigenvalue weighted by molar-refractivity contribution is -0.124. The molecule has 0 saturated carbocycles. The number of aliphatic hydroxyl groups excluding tert-OH is 1. The van der Waals surface area contributed by atoms with Crippen LogP contribution in [-0.4, -0.2) is 57.4 Å². The minimum atomic E-state index is -1.43. The number of ether oxygens (including phenoxy) is 1. The van der Waals surface area contributed by atoms with Crippen molar-refractivity contribution in [3.8, 4) is 16.9 Å². The van der Waals surface area contributed by atoms with Gasteiger partial charge in [-0.2, -0.15) is 5.10 Å². The Morgan fingerprint density at radius 3 is 2.47 bits per heavy atom. The Hall–Kier alpha value is -4.18. The highest BCUT2D eigenvalue weighted by Gasteiger charge is 2.50. The van der Waals surface area contributed by atoms with Crippen molar-refractivity contribution < 1.29 is 24.2 Å². The number of aryl methyl sites for hydroxylation is 2. The number of benzene rings is 2. The van der Waals surface area contributed by atoms with Gasteiger partial charge in [0.1, 0.15) is 12.4 Å². The van der Waals surface area contributed by atoms with Crippen molar-refractivity contribution in [2.75, 3.05) is 19.8 Å². The van der Waals surface area contributed by atoms with Crippen LogP contribution in [0, 0.1) is 13.8 Å². The molecule has 0 bridgehead atoms. The number of nitrogens with zero attached hydrogens (tertiary/aromatic N) is 3. The van der Waals surface area contributed by atoms with Crippen LogP contribution < -0.4 is 15.4 Å². The number of urea groups is 1. The van der Waals surface area contributed by atoms with Crippen LogP contribution in [-0.2, 0) is 23.9 Å². The Kier molecular flexibility index (Phi) is 5.76. The summed E-state index contributed by atoms with van der Waals surface area (Å²) in [7, 11) is 1.89. The third kappa shape index (κ3) is 3.79. The van der Waals surface area contributed by atoms with E-state index in [0.717, 1.165) is 28.1 Å². The van der Waals surface area contributed by atoms with Crippen molar-refractivity contribution >= 4 is 17.8 Å². The maximum Gasteiger partial charge on any atom is 0.322 e. The van der Waals surface area contributed by atoms with E-state index in [-0.39, 0.29) is 25.7 Å². The molecule has 3 N–H and O–H groups in total. The van der Waals surface area contributed by atoms with Gasteiger partial charge in [-0.3, -0.25) is 19.6 Å². The summed E-state index contributed by atoms with van der Waals surface area (Å²) in [6.07, 6.45) is 0. The highest BCUT2D eigenvalue weighted by molar-refractivity contribution is 6.08. The third-order valence-electron chi connectivity index (χ3n) is 6.87. The van der Waals surface area contributed by atoms with Crippen LogP contribution in [0.5, 0.6) is 5.75 Å². The van der Waals surface area contributed by atoms with Gasteiger partial charge in [-0.1, -0.05) is 30.3 Å². The second kappa shape index (κ2) is 8.80. The van der Waals surface area contributed by atoms with Gasteiger partial charge >= 0.3 is 6.03 Å². The van der Waals surface area contributed by atoms with Crippen LogP contribution in [0.15, 0.2) is 42.5 Å². The quantitative estimate of drug-likeness (QED) is 0.435. The number of carbonyl (C=O) groups excluding carboxylic acids is 3. The van der Waals surface area contributed by atoms with E-state index in [1.165, 1.54) is 0 Å². The Morgan fingerprint density at radius 2 is 1.86 bits per heavy atom. The number of imide groups is 1. The Balaban J connectivity index is 1.46. The van der Waals surface area contributed by atoms with E-state index in [9.17, 15) is 14.4 Å². The van der Waals surface area contributed by atoms with E-state index in [2.05, 4.69) is 15.7 Å². The fraction of sp³-hybridized carbons (Fsp3) is 0.308. The van der Waals surface area contributed by atoms with Crippen molar-refractivity contribution in [1.82, 2.24) is 25.3 Å². The first kappa shape index (κ1) is 23.6. The monoisotopic (exact) mass is 489 g/mol. The molecule has 36 heavy (non-hydrogen) atoms. The molecule has 10 heteroatoms. The lowest BCUT2D eigenvalue weighted by Gasteiger charge is -2.31. The zero-order valence-electron chi connectivity index (χ0n) is 20.3. The molecule has 10 nitrogen and oxygen atoms in total. The van der Waals surface area contributed by atoms with E-state index in [1.807, 2.05) is 37.7 Å². The van der Waals surface area contributed by atoms with Crippen molar-refractivity contribution in [2.45, 2.75) is 25.9 Å². The second-order valence-electron chi connectivity index (χ2n) is 9.11. The Bertz CT molecular complexity index is 1380. The van der Waals surface area contributed by atoms with Crippen LogP contribution in [0.2, 0.25) is 0 Å². The van der Waals surface area contributed by atoms with Crippen LogP contribution in [0.1, 0.15) is 32.9 Å². The first-order valence-corrected chi connectivity index (χ1v) is 11.6. The maximum absolute atomic E-state index is 13.3. The molecule has 186 valence electrons. The molecule has 2 aromatic carbocycles. The van der Waals surface area contributed by atoms with E-state index in [1.54, 1.807) is 35.2 Å². The molecule has 2 aliphatic heterocycles. The van der Waals surface area contributed by atoms with Gasteiger partial charge in [0.2, 0.25) is 0 Å². The average molecular weight is 490 g/mol. The smallest absolute Gasteiger partial charge is 0.322 e. The summed E-state index contributed by atoms with van der Waals surface area (Å²) in [5, 5.41) is 18.6. The Labute approximate surface area is 207 Å². The lowest BCUT2D eigenvalue weighted by atomic mass is 9.88. The zero-order valence-corrected chi connectivity index (χ0v) is 20.3. The minimum Gasteiger partial charge on any atom is -0.491 e. The number of amides is 4. The molecular weight excluding hydrogens is 462 g/mol. The molecule has 2 aliphatic rings. The summed E-state index contributed by atoms with van der Waals surface area (Å²) < 4.78 is 7.26. The molecule has 1 aromatic heterocycles. The van der Waals surface area contributed by atoms with E-state index in [4.69, 9.17) is 9.84 Å². The van der Waals surface area contributed by atoms with Gasteiger partial charge in [-0.25, -0.2) is 4.79 Å². The predicted molar refractivity (Wildman–Crippen MR) is 130 cm³/mol. The molecule has 3 aromatic rings. The first-order chi connectivity index (χ1) is 17.2. The SMILES string of the molecule is Cc1nn(C)c(C)c1-c1ccc([C@]2(CN3Cc4ccc(OCCO)cc4C3=O)NC(=O)NC2=O)cc1. The van der Waals surface area contributed by atoms with Gasteiger partial charge in [0.05, 0.1) is 18.8 Å². The minimum absolute atomic E-state index is 0.0325. The number of rotatable bonds is 7. The van der Waals surface area contributed by atoms with Crippen molar-refractivity contribution in [1.29, 1.82) is 0 Å². The topological polar surface area (TPSA) is 126 Å². The summed E-state index contributed by atoms with van der Waals surface area (Å²) in [5.41, 5.74) is 4.30. The fourth-order valence-electron chi connectivity index (χ4n) is 5.02. The van der Waals surface area contributed by atoms with Crippen molar-refractivity contribution in [3.63, 3.8) is 0 Å². The molecule has 0 unspecified atom stereocenters. The number of carbonyl (C=O) groups is 3. The summed E-state index contributed by atoms with van der Waals surface area (Å²) in [6.45, 7) is 4.19. The average Bonchev–Trinajstić information content (AvgIpc) is 3.42. The molecule has 1 fully saturated rings. The second-order valence-corrected chi connectivity index (χ2v) is 9.11. The van der Waals surface area contributed by atoms with Crippen LogP contribution in [0.4, 0.5) is 4.79 Å². The van der Waals surface area contributed by atoms with Gasteiger partial charge in [0, 0.05) is 30.4 Å². The van der Waals surface area contributed by atoms with Crippen molar-refractivity contribution in [2.24, 2.45) is 7.05 Å². The van der Waals surface area contributed by atoms with E-state index in [0.29, 0.717) is 23.4 Å². The normalized spacial score (nSPS) is 18.9. The molecule has 0 aliphatic carbocycles. The number of hydrogen-bond acceptors (Lipinski definition) is 6. The third-order valence-corrected chi connectivity index (χ3v) is 6.87. The van der Waals surface area contributed by atoms with Crippen LogP contribution in [0.25, 0.3) is 11.1 Å². The van der Waals surface area contributed by atoms with Crippen molar-refractivity contribution in [3.05, 3.63) is 70.5 Å². The zero-order chi connectivity index (χ0) is 25.6. The molecule has 0 radical (unpaired) electrons. The van der Waals surface area contributed by atoms with E-state index >= 15 is 0 Å². The van der Waals surface area contributed by atoms with Gasteiger partial charge in [-0.05, 0) is 42.7 Å². The maximum atomic E-state index is 13.3. The number of aliphatic hydroxyl groups is 1. The first-order valence-electron chi connectivity index (χ1n) is 11.6. The number of fused-ring (bicyclic) bond motifs is 1. The summed E-state index contributed by atoms with van der Waals surface area (Å²) in [6, 6.07) is 12.0. The number of aromatic nitrogens is 2. The van der Waals surface area contributed by atoms with E-state index < -0.39 is 17.5 Å². The molecule has 5 rings (SSSR count). The molecular formula is C26H27N5O5. The molecule has 3 heterocycles. The highest BCUT2D eigenvalue weighted by Crippen LogP contribution is 2.34. The summed E-state index contributed by atoms with van der Waals surface area (Å²) >= 11 is 0. The fourth-order valence-corrected chi connectivity index (χ4v) is 5.02. The standard InChI is InChI=1S/C26H27N5O5/c1-15-22(16(2)30(3)29-15)17-4-7-19(8-5-17)26(24(34)27-25(35)28-26)14-31-13-18-6-9-20(36-11-10-32)12-21(18)23(31)33/h4-9,12,32H,10-11,13-14H2,1-3H3,(H2,27,28,34,35)/t26-/m0/s1. The molecule has 1 atom stereocenters. The van der Waals surface area contributed by atoms with Gasteiger partial charge in [-0.15, -0.1) is 0 Å². The predicted octanol–water partition coefficient (Wildman–Crippen LogP) is 1.77. The van der Waals surface area contributed by atoms with Gasteiger partial charge in [0.25, 0.3) is 11.8 Å². The summed E-state index contributed by atoms with van der Waals surface area (Å²) in [5.74, 6) is -0.285. The lowest BCUT2D eigenvalue weighted by Crippen LogP contribution is -2.52. The molecule has 0 spiro atoms. The van der Waals surface area contributed by atoms with Gasteiger partial charge in [0.15, 0.2) is 5.54 Å². The number of nitrogens with one attached hydrogen (secondary N) is 2. The molecule has 4 amide bonds. The summed E-state index contributed by atoms with van der Waals surface area (Å²) in [4.78, 5) is 40.2. The van der Waals surface area contributed by atoms with Gasteiger partial charge < -0.3 is 20.1 Å². The molecule has 1 saturated heterocycles. The Morgan fingerprint density at radius 1 is 1.11 bits per heavy atom. The highest BCUT2D eigenvalue weighted by atomic mass is 16.5. The van der Waals surface area contributed by atoms with Crippen LogP contribution in [0.3, 0.4) is 0 Å².